The average Bonchev–Trinajstić information content (AvgIpc) is 2.68. The lowest BCUT2D eigenvalue weighted by atomic mass is 10.0. The van der Waals surface area contributed by atoms with Crippen molar-refractivity contribution in [2.24, 2.45) is 0 Å². The third kappa shape index (κ3) is 2.85. The number of hydrogen-bond donors (Lipinski definition) is 0. The Hall–Kier alpha value is -2.47. The molecule has 1 aromatic carbocycles. The lowest BCUT2D eigenvalue weighted by Crippen LogP contribution is -2.41. The van der Waals surface area contributed by atoms with Gasteiger partial charge in [-0.1, -0.05) is 18.2 Å². The number of benzene rings is 1. The van der Waals surface area contributed by atoms with Crippen molar-refractivity contribution in [2.75, 3.05) is 37.7 Å². The molecule has 0 radical (unpaired) electrons. The summed E-state index contributed by atoms with van der Waals surface area (Å²) in [6, 6.07) is 10.2. The summed E-state index contributed by atoms with van der Waals surface area (Å²) < 4.78 is 5.31. The Morgan fingerprint density at radius 2 is 1.92 bits per heavy atom. The van der Waals surface area contributed by atoms with Crippen LogP contribution in [0.5, 0.6) is 0 Å². The molecular weight excluding hydrogens is 304 g/mol. The predicted octanol–water partition coefficient (Wildman–Crippen LogP) is 2.03. The van der Waals surface area contributed by atoms with Crippen molar-refractivity contribution in [3.05, 3.63) is 47.9 Å². The fourth-order valence-corrected chi connectivity index (χ4v) is 3.31. The van der Waals surface area contributed by atoms with Crippen molar-refractivity contribution >= 4 is 17.4 Å². The summed E-state index contributed by atoms with van der Waals surface area (Å²) in [5, 5.41) is 0. The molecule has 3 heterocycles. The van der Waals surface area contributed by atoms with Gasteiger partial charge in [0.1, 0.15) is 17.8 Å². The molecule has 0 unspecified atom stereocenters. The van der Waals surface area contributed by atoms with Crippen LogP contribution in [0.4, 0.5) is 11.5 Å². The average molecular weight is 324 g/mol. The summed E-state index contributed by atoms with van der Waals surface area (Å²) in [5.74, 6) is 0.737. The van der Waals surface area contributed by atoms with E-state index >= 15 is 0 Å². The maximum absolute atomic E-state index is 12.6. The van der Waals surface area contributed by atoms with Gasteiger partial charge in [-0.2, -0.15) is 0 Å². The molecule has 0 atom stereocenters. The SMILES string of the molecule is O=C(c1cc(N2CCCc3ccccc32)ncn1)N1CCOCC1. The second-order valence-corrected chi connectivity index (χ2v) is 6.05. The van der Waals surface area contributed by atoms with Crippen LogP contribution in [0.1, 0.15) is 22.5 Å². The van der Waals surface area contributed by atoms with Crippen molar-refractivity contribution in [2.45, 2.75) is 12.8 Å². The van der Waals surface area contributed by atoms with Crippen LogP contribution < -0.4 is 4.90 Å². The number of aryl methyl sites for hydroxylation is 1. The molecule has 1 aromatic heterocycles. The van der Waals surface area contributed by atoms with E-state index in [1.165, 1.54) is 17.6 Å². The van der Waals surface area contributed by atoms with E-state index in [1.54, 1.807) is 11.0 Å². The van der Waals surface area contributed by atoms with Gasteiger partial charge in [-0.25, -0.2) is 9.97 Å². The molecule has 4 rings (SSSR count). The normalized spacial score (nSPS) is 17.5. The number of amides is 1. The topological polar surface area (TPSA) is 58.6 Å². The lowest BCUT2D eigenvalue weighted by molar-refractivity contribution is 0.0299. The molecule has 0 spiro atoms. The first-order chi connectivity index (χ1) is 11.8. The van der Waals surface area contributed by atoms with Gasteiger partial charge in [0.15, 0.2) is 0 Å². The second kappa shape index (κ2) is 6.57. The Morgan fingerprint density at radius 3 is 2.79 bits per heavy atom. The minimum absolute atomic E-state index is 0.0488. The molecule has 1 saturated heterocycles. The maximum atomic E-state index is 12.6. The first-order valence-corrected chi connectivity index (χ1v) is 8.37. The third-order valence-corrected chi connectivity index (χ3v) is 4.56. The van der Waals surface area contributed by atoms with Gasteiger partial charge < -0.3 is 14.5 Å². The van der Waals surface area contributed by atoms with Gasteiger partial charge >= 0.3 is 0 Å². The molecular formula is C18H20N4O2. The Labute approximate surface area is 141 Å². The zero-order valence-corrected chi connectivity index (χ0v) is 13.5. The van der Waals surface area contributed by atoms with Crippen molar-refractivity contribution in [3.8, 4) is 0 Å². The largest absolute Gasteiger partial charge is 0.378 e. The van der Waals surface area contributed by atoms with E-state index in [4.69, 9.17) is 4.74 Å². The van der Waals surface area contributed by atoms with Gasteiger partial charge in [-0.15, -0.1) is 0 Å². The van der Waals surface area contributed by atoms with Gasteiger partial charge in [0, 0.05) is 31.4 Å². The number of hydrogen-bond acceptors (Lipinski definition) is 5. The second-order valence-electron chi connectivity index (χ2n) is 6.05. The standard InChI is InChI=1S/C18H20N4O2/c23-18(21-8-10-24-11-9-21)15-12-17(20-13-19-15)22-7-3-5-14-4-1-2-6-16(14)22/h1-2,4,6,12-13H,3,5,7-11H2. The summed E-state index contributed by atoms with van der Waals surface area (Å²) in [4.78, 5) is 25.2. The summed E-state index contributed by atoms with van der Waals surface area (Å²) in [6.07, 6.45) is 3.64. The molecule has 2 aliphatic rings. The number of morpholine rings is 1. The molecule has 0 bridgehead atoms. The molecule has 6 nitrogen and oxygen atoms in total. The highest BCUT2D eigenvalue weighted by Crippen LogP contribution is 2.32. The molecule has 2 aliphatic heterocycles. The molecule has 1 amide bonds. The van der Waals surface area contributed by atoms with Crippen LogP contribution in [0.25, 0.3) is 0 Å². The van der Waals surface area contributed by atoms with Gasteiger partial charge in [0.25, 0.3) is 5.91 Å². The van der Waals surface area contributed by atoms with Gasteiger partial charge in [-0.05, 0) is 24.5 Å². The van der Waals surface area contributed by atoms with Crippen LogP contribution in [0, 0.1) is 0 Å². The fourth-order valence-electron chi connectivity index (χ4n) is 3.31. The number of rotatable bonds is 2. The van der Waals surface area contributed by atoms with E-state index in [0.717, 1.165) is 25.2 Å². The van der Waals surface area contributed by atoms with Crippen LogP contribution in [-0.2, 0) is 11.2 Å². The number of para-hydroxylation sites is 1. The molecule has 124 valence electrons. The molecule has 2 aromatic rings. The van der Waals surface area contributed by atoms with Crippen LogP contribution >= 0.6 is 0 Å². The Balaban J connectivity index is 1.62. The quantitative estimate of drug-likeness (QED) is 0.846. The van der Waals surface area contributed by atoms with Crippen LogP contribution in [0.3, 0.4) is 0 Å². The highest BCUT2D eigenvalue weighted by Gasteiger charge is 2.23. The number of carbonyl (C=O) groups is 1. The van der Waals surface area contributed by atoms with Crippen molar-refractivity contribution in [3.63, 3.8) is 0 Å². The molecule has 6 heteroatoms. The minimum Gasteiger partial charge on any atom is -0.378 e. The summed E-state index contributed by atoms with van der Waals surface area (Å²) >= 11 is 0. The first-order valence-electron chi connectivity index (χ1n) is 8.37. The number of aromatic nitrogens is 2. The van der Waals surface area contributed by atoms with E-state index in [2.05, 4.69) is 33.1 Å². The minimum atomic E-state index is -0.0488. The number of nitrogens with zero attached hydrogens (tertiary/aromatic N) is 4. The number of carbonyl (C=O) groups excluding carboxylic acids is 1. The van der Waals surface area contributed by atoms with E-state index in [-0.39, 0.29) is 5.91 Å². The Kier molecular flexibility index (Phi) is 4.13. The number of fused-ring (bicyclic) bond motifs is 1. The highest BCUT2D eigenvalue weighted by molar-refractivity contribution is 5.93. The molecule has 0 saturated carbocycles. The van der Waals surface area contributed by atoms with E-state index < -0.39 is 0 Å². The van der Waals surface area contributed by atoms with Gasteiger partial charge in [0.05, 0.1) is 13.2 Å². The van der Waals surface area contributed by atoms with E-state index in [1.807, 2.05) is 6.07 Å². The molecule has 24 heavy (non-hydrogen) atoms. The molecule has 0 aliphatic carbocycles. The fraction of sp³-hybridized carbons (Fsp3) is 0.389. The summed E-state index contributed by atoms with van der Waals surface area (Å²) in [6.45, 7) is 3.31. The maximum Gasteiger partial charge on any atom is 0.272 e. The van der Waals surface area contributed by atoms with Crippen LogP contribution in [0.15, 0.2) is 36.7 Å². The highest BCUT2D eigenvalue weighted by atomic mass is 16.5. The Morgan fingerprint density at radius 1 is 1.08 bits per heavy atom. The molecule has 1 fully saturated rings. The summed E-state index contributed by atoms with van der Waals surface area (Å²) in [5.41, 5.74) is 2.94. The Bertz CT molecular complexity index is 743. The zero-order chi connectivity index (χ0) is 16.4. The van der Waals surface area contributed by atoms with Gasteiger partial charge in [-0.3, -0.25) is 4.79 Å². The number of ether oxygens (including phenoxy) is 1. The predicted molar refractivity (Wildman–Crippen MR) is 90.5 cm³/mol. The van der Waals surface area contributed by atoms with Crippen molar-refractivity contribution in [1.29, 1.82) is 0 Å². The van der Waals surface area contributed by atoms with Crippen molar-refractivity contribution < 1.29 is 9.53 Å². The van der Waals surface area contributed by atoms with E-state index in [0.29, 0.717) is 32.0 Å². The van der Waals surface area contributed by atoms with Gasteiger partial charge in [0.2, 0.25) is 0 Å². The van der Waals surface area contributed by atoms with Crippen molar-refractivity contribution in [1.82, 2.24) is 14.9 Å². The smallest absolute Gasteiger partial charge is 0.272 e. The summed E-state index contributed by atoms with van der Waals surface area (Å²) in [7, 11) is 0. The van der Waals surface area contributed by atoms with Crippen LogP contribution in [0.2, 0.25) is 0 Å². The molecule has 0 N–H and O–H groups in total. The monoisotopic (exact) mass is 324 g/mol. The lowest BCUT2D eigenvalue weighted by Gasteiger charge is -2.31. The third-order valence-electron chi connectivity index (χ3n) is 4.56. The number of anilines is 2. The zero-order valence-electron chi connectivity index (χ0n) is 13.5. The van der Waals surface area contributed by atoms with Crippen LogP contribution in [-0.4, -0.2) is 53.6 Å². The van der Waals surface area contributed by atoms with E-state index in [9.17, 15) is 4.79 Å². The first kappa shape index (κ1) is 15.1.